The van der Waals surface area contributed by atoms with Gasteiger partial charge in [-0.3, -0.25) is 0 Å². The topological polar surface area (TPSA) is 70.6 Å². The predicted molar refractivity (Wildman–Crippen MR) is 85.4 cm³/mol. The van der Waals surface area contributed by atoms with Gasteiger partial charge in [0.05, 0.1) is 0 Å². The molecule has 2 rings (SSSR count). The molecule has 0 radical (unpaired) electrons. The van der Waals surface area contributed by atoms with Crippen LogP contribution in [-0.4, -0.2) is 11.0 Å². The van der Waals surface area contributed by atoms with E-state index >= 15 is 0 Å². The molecule has 0 saturated heterocycles. The molecule has 0 unspecified atom stereocenters. The van der Waals surface area contributed by atoms with Gasteiger partial charge in [-0.2, -0.15) is 0 Å². The van der Waals surface area contributed by atoms with Crippen molar-refractivity contribution in [3.63, 3.8) is 0 Å². The maximum absolute atomic E-state index is 13.0. The summed E-state index contributed by atoms with van der Waals surface area (Å²) in [6.07, 6.45) is 0. The summed E-state index contributed by atoms with van der Waals surface area (Å²) in [7, 11) is 0. The van der Waals surface area contributed by atoms with E-state index in [0.29, 0.717) is 21.6 Å². The molecule has 0 aromatic heterocycles. The third-order valence-corrected chi connectivity index (χ3v) is 3.86. The highest BCUT2D eigenvalue weighted by molar-refractivity contribution is 9.10. The van der Waals surface area contributed by atoms with E-state index in [2.05, 4.69) is 26.4 Å². The van der Waals surface area contributed by atoms with Crippen molar-refractivity contribution in [3.8, 4) is 0 Å². The third kappa shape index (κ3) is 3.86. The summed E-state index contributed by atoms with van der Waals surface area (Å²) in [5, 5.41) is 15.2. The van der Waals surface area contributed by atoms with Gasteiger partial charge in [0.2, 0.25) is 0 Å². The number of hydrogen-bond acceptors (Lipinski definition) is 3. The van der Waals surface area contributed by atoms with E-state index in [1.807, 2.05) is 0 Å². The summed E-state index contributed by atoms with van der Waals surface area (Å²) in [5.41, 5.74) is 7.63. The van der Waals surface area contributed by atoms with Crippen LogP contribution >= 0.6 is 27.5 Å². The molecule has 2 aromatic carbocycles. The average Bonchev–Trinajstić information content (AvgIpc) is 2.46. The summed E-state index contributed by atoms with van der Waals surface area (Å²) in [5.74, 6) is -0.314. The van der Waals surface area contributed by atoms with Crippen LogP contribution in [0.15, 0.2) is 46.0 Å². The molecule has 4 nitrogen and oxygen atoms in total. The highest BCUT2D eigenvalue weighted by Gasteiger charge is 2.06. The minimum atomic E-state index is -0.312. The van der Waals surface area contributed by atoms with Gasteiger partial charge in [0.15, 0.2) is 5.84 Å². The lowest BCUT2D eigenvalue weighted by Crippen LogP contribution is -2.13. The van der Waals surface area contributed by atoms with Crippen LogP contribution in [0.4, 0.5) is 10.1 Å². The minimum Gasteiger partial charge on any atom is -0.409 e. The van der Waals surface area contributed by atoms with Crippen LogP contribution in [0.3, 0.4) is 0 Å². The number of oxime groups is 1. The van der Waals surface area contributed by atoms with Crippen molar-refractivity contribution < 1.29 is 9.60 Å². The first-order valence-electron chi connectivity index (χ1n) is 5.96. The van der Waals surface area contributed by atoms with E-state index in [1.54, 1.807) is 24.3 Å². The van der Waals surface area contributed by atoms with Crippen LogP contribution < -0.4 is 11.1 Å². The van der Waals surface area contributed by atoms with Crippen LogP contribution in [0.25, 0.3) is 0 Å². The SMILES string of the molecule is N/C(=N/O)c1ccc(CNc2ccc(F)cc2Br)c(Cl)c1. The van der Waals surface area contributed by atoms with Crippen LogP contribution in [0.5, 0.6) is 0 Å². The zero-order valence-corrected chi connectivity index (χ0v) is 13.1. The number of rotatable bonds is 4. The Balaban J connectivity index is 2.13. The Morgan fingerprint density at radius 3 is 2.71 bits per heavy atom. The fourth-order valence-electron chi connectivity index (χ4n) is 1.73. The van der Waals surface area contributed by atoms with Gasteiger partial charge in [-0.25, -0.2) is 4.39 Å². The molecule has 110 valence electrons. The molecule has 0 atom stereocenters. The van der Waals surface area contributed by atoms with Gasteiger partial charge in [-0.1, -0.05) is 28.9 Å². The normalized spacial score (nSPS) is 11.5. The van der Waals surface area contributed by atoms with Crippen molar-refractivity contribution in [1.29, 1.82) is 0 Å². The highest BCUT2D eigenvalue weighted by atomic mass is 79.9. The fraction of sp³-hybridized carbons (Fsp3) is 0.0714. The number of nitrogens with zero attached hydrogens (tertiary/aromatic N) is 1. The summed E-state index contributed by atoms with van der Waals surface area (Å²) < 4.78 is 13.6. The first kappa shape index (κ1) is 15.6. The van der Waals surface area contributed by atoms with E-state index in [-0.39, 0.29) is 11.7 Å². The van der Waals surface area contributed by atoms with Crippen LogP contribution in [0.1, 0.15) is 11.1 Å². The molecule has 0 saturated carbocycles. The lowest BCUT2D eigenvalue weighted by atomic mass is 10.1. The Morgan fingerprint density at radius 1 is 1.33 bits per heavy atom. The van der Waals surface area contributed by atoms with Crippen molar-refractivity contribution in [1.82, 2.24) is 0 Å². The van der Waals surface area contributed by atoms with E-state index in [4.69, 9.17) is 22.5 Å². The van der Waals surface area contributed by atoms with Gasteiger partial charge in [0.25, 0.3) is 0 Å². The molecular formula is C14H12BrClFN3O. The van der Waals surface area contributed by atoms with Crippen LogP contribution in [0, 0.1) is 5.82 Å². The monoisotopic (exact) mass is 371 g/mol. The van der Waals surface area contributed by atoms with Crippen molar-refractivity contribution >= 4 is 39.1 Å². The molecule has 0 spiro atoms. The number of amidine groups is 1. The van der Waals surface area contributed by atoms with Crippen molar-refractivity contribution in [2.75, 3.05) is 5.32 Å². The Bertz CT molecular complexity index is 694. The number of hydrogen-bond donors (Lipinski definition) is 3. The quantitative estimate of drug-likeness (QED) is 0.329. The molecule has 7 heteroatoms. The maximum atomic E-state index is 13.0. The smallest absolute Gasteiger partial charge is 0.170 e. The molecule has 0 aliphatic carbocycles. The molecule has 0 aliphatic heterocycles. The molecule has 2 aromatic rings. The molecule has 0 heterocycles. The Hall–Kier alpha value is -1.79. The third-order valence-electron chi connectivity index (χ3n) is 2.86. The molecule has 0 fully saturated rings. The van der Waals surface area contributed by atoms with Gasteiger partial charge in [-0.05, 0) is 45.8 Å². The van der Waals surface area contributed by atoms with Gasteiger partial charge >= 0.3 is 0 Å². The number of halogens is 3. The van der Waals surface area contributed by atoms with Crippen molar-refractivity contribution in [3.05, 3.63) is 62.8 Å². The fourth-order valence-corrected chi connectivity index (χ4v) is 2.47. The largest absolute Gasteiger partial charge is 0.409 e. The summed E-state index contributed by atoms with van der Waals surface area (Å²) in [4.78, 5) is 0. The average molecular weight is 373 g/mol. The second-order valence-corrected chi connectivity index (χ2v) is 5.53. The molecule has 21 heavy (non-hydrogen) atoms. The molecule has 0 aliphatic rings. The zero-order chi connectivity index (χ0) is 15.4. The van der Waals surface area contributed by atoms with E-state index in [1.165, 1.54) is 12.1 Å². The zero-order valence-electron chi connectivity index (χ0n) is 10.8. The van der Waals surface area contributed by atoms with E-state index < -0.39 is 0 Å². The lowest BCUT2D eigenvalue weighted by molar-refractivity contribution is 0.318. The lowest BCUT2D eigenvalue weighted by Gasteiger charge is -2.11. The second kappa shape index (κ2) is 6.78. The first-order chi connectivity index (χ1) is 10.0. The summed E-state index contributed by atoms with van der Waals surface area (Å²) in [6.45, 7) is 0.458. The Kier molecular flexibility index (Phi) is 5.03. The van der Waals surface area contributed by atoms with E-state index in [9.17, 15) is 4.39 Å². The predicted octanol–water partition coefficient (Wildman–Crippen LogP) is 3.95. The van der Waals surface area contributed by atoms with Gasteiger partial charge in [0, 0.05) is 27.3 Å². The first-order valence-corrected chi connectivity index (χ1v) is 7.13. The molecule has 0 bridgehead atoms. The Morgan fingerprint density at radius 2 is 2.10 bits per heavy atom. The number of anilines is 1. The number of nitrogens with one attached hydrogen (secondary N) is 1. The van der Waals surface area contributed by atoms with Crippen LogP contribution in [-0.2, 0) is 6.54 Å². The number of nitrogens with two attached hydrogens (primary N) is 1. The minimum absolute atomic E-state index is 0.00214. The van der Waals surface area contributed by atoms with Gasteiger partial charge in [-0.15, -0.1) is 0 Å². The van der Waals surface area contributed by atoms with Gasteiger partial charge < -0.3 is 16.3 Å². The standard InChI is InChI=1S/C14H12BrClFN3O/c15-11-6-10(17)3-4-13(11)19-7-9-2-1-8(5-12(9)16)14(18)20-21/h1-6,19,21H,7H2,(H2,18,20). The number of benzene rings is 2. The highest BCUT2D eigenvalue weighted by Crippen LogP contribution is 2.25. The maximum Gasteiger partial charge on any atom is 0.170 e. The van der Waals surface area contributed by atoms with E-state index in [0.717, 1.165) is 11.3 Å². The molecule has 0 amide bonds. The molecular weight excluding hydrogens is 361 g/mol. The Labute approximate surface area is 134 Å². The molecule has 4 N–H and O–H groups in total. The van der Waals surface area contributed by atoms with Crippen molar-refractivity contribution in [2.45, 2.75) is 6.54 Å². The van der Waals surface area contributed by atoms with Crippen molar-refractivity contribution in [2.24, 2.45) is 10.9 Å². The summed E-state index contributed by atoms with van der Waals surface area (Å²) >= 11 is 9.44. The second-order valence-electron chi connectivity index (χ2n) is 4.27. The summed E-state index contributed by atoms with van der Waals surface area (Å²) in [6, 6.07) is 9.49. The van der Waals surface area contributed by atoms with Gasteiger partial charge in [0.1, 0.15) is 5.82 Å². The van der Waals surface area contributed by atoms with Crippen LogP contribution in [0.2, 0.25) is 5.02 Å².